The molecule has 6 heteroatoms. The molecule has 0 aliphatic rings. The summed E-state index contributed by atoms with van der Waals surface area (Å²) in [4.78, 5) is 23.2. The topological polar surface area (TPSA) is 66.4 Å². The van der Waals surface area contributed by atoms with Gasteiger partial charge in [0.15, 0.2) is 0 Å². The van der Waals surface area contributed by atoms with Crippen LogP contribution in [0.4, 0.5) is 0 Å². The zero-order valence-corrected chi connectivity index (χ0v) is 13.7. The van der Waals surface area contributed by atoms with Gasteiger partial charge in [0.05, 0.1) is 5.56 Å². The molecule has 0 aliphatic heterocycles. The number of halogens is 1. The van der Waals surface area contributed by atoms with Crippen molar-refractivity contribution in [2.75, 3.05) is 12.0 Å². The van der Waals surface area contributed by atoms with Crippen LogP contribution in [-0.2, 0) is 4.79 Å². The molecule has 0 heterocycles. The molecule has 1 unspecified atom stereocenters. The number of nitrogens with one attached hydrogen (secondary N) is 1. The van der Waals surface area contributed by atoms with Crippen molar-refractivity contribution in [1.29, 1.82) is 0 Å². The van der Waals surface area contributed by atoms with E-state index in [-0.39, 0.29) is 5.91 Å². The molecule has 0 aliphatic carbocycles. The first-order chi connectivity index (χ1) is 8.97. The largest absolute Gasteiger partial charge is 0.480 e. The summed E-state index contributed by atoms with van der Waals surface area (Å²) in [7, 11) is 0. The van der Waals surface area contributed by atoms with Crippen molar-refractivity contribution in [3.05, 3.63) is 32.9 Å². The highest BCUT2D eigenvalue weighted by atomic mass is 127. The number of rotatable bonds is 6. The van der Waals surface area contributed by atoms with Crippen molar-refractivity contribution in [2.45, 2.75) is 19.4 Å². The number of aryl methyl sites for hydroxylation is 1. The number of aliphatic carboxylic acids is 1. The Labute approximate surface area is 130 Å². The van der Waals surface area contributed by atoms with Gasteiger partial charge >= 0.3 is 5.97 Å². The SMILES string of the molecule is CSCCC(NC(=O)c1cccc(C)c1I)C(=O)O. The molecule has 2 N–H and O–H groups in total. The maximum atomic E-state index is 12.1. The number of carboxylic acid groups (broad SMARTS) is 1. The van der Waals surface area contributed by atoms with Gasteiger partial charge in [-0.15, -0.1) is 0 Å². The molecule has 1 aromatic carbocycles. The molecule has 1 aromatic rings. The minimum Gasteiger partial charge on any atom is -0.480 e. The third-order valence-corrected chi connectivity index (χ3v) is 4.73. The third-order valence-electron chi connectivity index (χ3n) is 2.65. The van der Waals surface area contributed by atoms with Gasteiger partial charge in [-0.1, -0.05) is 12.1 Å². The van der Waals surface area contributed by atoms with E-state index in [1.54, 1.807) is 23.9 Å². The van der Waals surface area contributed by atoms with E-state index in [9.17, 15) is 9.59 Å². The molecule has 0 aromatic heterocycles. The van der Waals surface area contributed by atoms with Crippen LogP contribution in [0.15, 0.2) is 18.2 Å². The Hall–Kier alpha value is -0.760. The van der Waals surface area contributed by atoms with Crippen LogP contribution in [0.25, 0.3) is 0 Å². The third kappa shape index (κ3) is 4.68. The molecule has 0 saturated carbocycles. The second-order valence-corrected chi connectivity index (χ2v) is 6.15. The van der Waals surface area contributed by atoms with Gasteiger partial charge in [-0.25, -0.2) is 4.79 Å². The molecule has 1 rings (SSSR count). The van der Waals surface area contributed by atoms with Crippen LogP contribution in [-0.4, -0.2) is 35.0 Å². The number of hydrogen-bond acceptors (Lipinski definition) is 3. The van der Waals surface area contributed by atoms with Crippen LogP contribution in [0.1, 0.15) is 22.3 Å². The summed E-state index contributed by atoms with van der Waals surface area (Å²) in [6.45, 7) is 1.92. The van der Waals surface area contributed by atoms with E-state index in [4.69, 9.17) is 5.11 Å². The molecular weight excluding hydrogens is 377 g/mol. The van der Waals surface area contributed by atoms with E-state index in [0.29, 0.717) is 17.7 Å². The quantitative estimate of drug-likeness (QED) is 0.730. The highest BCUT2D eigenvalue weighted by Crippen LogP contribution is 2.16. The van der Waals surface area contributed by atoms with Crippen molar-refractivity contribution in [3.8, 4) is 0 Å². The van der Waals surface area contributed by atoms with E-state index in [1.165, 1.54) is 0 Å². The number of hydrogen-bond donors (Lipinski definition) is 2. The van der Waals surface area contributed by atoms with E-state index in [2.05, 4.69) is 27.9 Å². The van der Waals surface area contributed by atoms with E-state index < -0.39 is 12.0 Å². The molecule has 0 bridgehead atoms. The first-order valence-electron chi connectivity index (χ1n) is 5.75. The van der Waals surface area contributed by atoms with Crippen molar-refractivity contribution in [1.82, 2.24) is 5.32 Å². The maximum Gasteiger partial charge on any atom is 0.326 e. The van der Waals surface area contributed by atoms with Gasteiger partial charge in [0.2, 0.25) is 0 Å². The lowest BCUT2D eigenvalue weighted by Gasteiger charge is -2.15. The summed E-state index contributed by atoms with van der Waals surface area (Å²) in [6, 6.07) is 4.58. The zero-order valence-electron chi connectivity index (χ0n) is 10.8. The molecule has 19 heavy (non-hydrogen) atoms. The van der Waals surface area contributed by atoms with Crippen molar-refractivity contribution in [3.63, 3.8) is 0 Å². The molecule has 0 saturated heterocycles. The normalized spacial score (nSPS) is 11.9. The predicted octanol–water partition coefficient (Wildman–Crippen LogP) is 2.54. The lowest BCUT2D eigenvalue weighted by Crippen LogP contribution is -2.41. The summed E-state index contributed by atoms with van der Waals surface area (Å²) in [5, 5.41) is 11.7. The number of carbonyl (C=O) groups is 2. The minimum absolute atomic E-state index is 0.332. The number of benzene rings is 1. The van der Waals surface area contributed by atoms with Gasteiger partial charge in [0.25, 0.3) is 5.91 Å². The molecule has 4 nitrogen and oxygen atoms in total. The highest BCUT2D eigenvalue weighted by molar-refractivity contribution is 14.1. The van der Waals surface area contributed by atoms with Gasteiger partial charge in [-0.3, -0.25) is 4.79 Å². The van der Waals surface area contributed by atoms with Crippen LogP contribution in [0, 0.1) is 10.5 Å². The van der Waals surface area contributed by atoms with Crippen LogP contribution in [0.2, 0.25) is 0 Å². The standard InChI is InChI=1S/C13H16INO3S/c1-8-4-3-5-9(11(8)14)12(16)15-10(13(17)18)6-7-19-2/h3-5,10H,6-7H2,1-2H3,(H,15,16)(H,17,18). The number of amides is 1. The summed E-state index contributed by atoms with van der Waals surface area (Å²) in [5.74, 6) is -0.631. The molecule has 0 fully saturated rings. The van der Waals surface area contributed by atoms with E-state index >= 15 is 0 Å². The summed E-state index contributed by atoms with van der Waals surface area (Å²) >= 11 is 3.66. The van der Waals surface area contributed by atoms with E-state index in [1.807, 2.05) is 19.2 Å². The Morgan fingerprint density at radius 3 is 2.74 bits per heavy atom. The zero-order chi connectivity index (χ0) is 14.4. The van der Waals surface area contributed by atoms with Gasteiger partial charge < -0.3 is 10.4 Å². The average Bonchev–Trinajstić information content (AvgIpc) is 2.37. The second-order valence-electron chi connectivity index (χ2n) is 4.08. The fourth-order valence-electron chi connectivity index (χ4n) is 1.55. The van der Waals surface area contributed by atoms with Gasteiger partial charge in [0, 0.05) is 3.57 Å². The number of carbonyl (C=O) groups excluding carboxylic acids is 1. The van der Waals surface area contributed by atoms with Crippen molar-refractivity contribution >= 4 is 46.2 Å². The van der Waals surface area contributed by atoms with Gasteiger partial charge in [-0.05, 0) is 59.6 Å². The molecule has 0 radical (unpaired) electrons. The molecule has 1 atom stereocenters. The first kappa shape index (κ1) is 16.3. The number of thioether (sulfide) groups is 1. The fraction of sp³-hybridized carbons (Fsp3) is 0.385. The molecular formula is C13H16INO3S. The Morgan fingerprint density at radius 1 is 1.47 bits per heavy atom. The minimum atomic E-state index is -0.995. The smallest absolute Gasteiger partial charge is 0.326 e. The van der Waals surface area contributed by atoms with Crippen LogP contribution < -0.4 is 5.32 Å². The Balaban J connectivity index is 2.82. The molecule has 0 spiro atoms. The molecule has 104 valence electrons. The van der Waals surface area contributed by atoms with E-state index in [0.717, 1.165) is 9.13 Å². The summed E-state index contributed by atoms with van der Waals surface area (Å²) in [6.07, 6.45) is 2.33. The average molecular weight is 393 g/mol. The second kappa shape index (κ2) is 7.74. The maximum absolute atomic E-state index is 12.1. The summed E-state index contributed by atoms with van der Waals surface area (Å²) in [5.41, 5.74) is 1.53. The van der Waals surface area contributed by atoms with Gasteiger partial charge in [-0.2, -0.15) is 11.8 Å². The van der Waals surface area contributed by atoms with Crippen molar-refractivity contribution in [2.24, 2.45) is 0 Å². The first-order valence-corrected chi connectivity index (χ1v) is 8.22. The summed E-state index contributed by atoms with van der Waals surface area (Å²) < 4.78 is 0.853. The molecule has 1 amide bonds. The van der Waals surface area contributed by atoms with Crippen LogP contribution in [0.5, 0.6) is 0 Å². The lowest BCUT2D eigenvalue weighted by molar-refractivity contribution is -0.139. The predicted molar refractivity (Wildman–Crippen MR) is 85.8 cm³/mol. The Kier molecular flexibility index (Phi) is 6.64. The highest BCUT2D eigenvalue weighted by Gasteiger charge is 2.21. The monoisotopic (exact) mass is 393 g/mol. The Morgan fingerprint density at radius 2 is 2.16 bits per heavy atom. The number of carboxylic acids is 1. The van der Waals surface area contributed by atoms with Gasteiger partial charge in [0.1, 0.15) is 6.04 Å². The lowest BCUT2D eigenvalue weighted by atomic mass is 10.1. The van der Waals surface area contributed by atoms with Crippen LogP contribution in [0.3, 0.4) is 0 Å². The van der Waals surface area contributed by atoms with Crippen LogP contribution >= 0.6 is 34.4 Å². The fourth-order valence-corrected chi connectivity index (χ4v) is 2.63. The van der Waals surface area contributed by atoms with Crippen molar-refractivity contribution < 1.29 is 14.7 Å². The Bertz CT molecular complexity index is 479.